The monoisotopic (exact) mass is 202 g/mol. The van der Waals surface area contributed by atoms with E-state index in [-0.39, 0.29) is 10.5 Å². The molecule has 1 atom stereocenters. The van der Waals surface area contributed by atoms with Gasteiger partial charge in [0.25, 0.3) is 0 Å². The van der Waals surface area contributed by atoms with Gasteiger partial charge in [-0.3, -0.25) is 4.79 Å². The third kappa shape index (κ3) is 2.99. The van der Waals surface area contributed by atoms with Gasteiger partial charge in [-0.15, -0.1) is 11.8 Å². The van der Waals surface area contributed by atoms with Crippen molar-refractivity contribution in [2.75, 3.05) is 19.0 Å². The number of Topliss-reactive ketones (excluding diaryl/α,β-unsaturated/α-hetero) is 1. The van der Waals surface area contributed by atoms with Crippen LogP contribution in [0.4, 0.5) is 0 Å². The summed E-state index contributed by atoms with van der Waals surface area (Å²) in [7, 11) is 0. The van der Waals surface area contributed by atoms with Crippen molar-refractivity contribution in [1.29, 1.82) is 0 Å². The highest BCUT2D eigenvalue weighted by molar-refractivity contribution is 8.01. The molecule has 0 aliphatic carbocycles. The fourth-order valence-corrected chi connectivity index (χ4v) is 2.71. The predicted octanol–water partition coefficient (Wildman–Crippen LogP) is 2.27. The van der Waals surface area contributed by atoms with Gasteiger partial charge < -0.3 is 4.74 Å². The number of hydrogen-bond donors (Lipinski definition) is 0. The second-order valence-corrected chi connectivity index (χ2v) is 5.26. The average molecular weight is 202 g/mol. The van der Waals surface area contributed by atoms with Crippen LogP contribution in [0.2, 0.25) is 0 Å². The SMILES string of the molecule is CCCOCC(=O)C1(C)CCCS1. The van der Waals surface area contributed by atoms with Crippen LogP contribution in [0, 0.1) is 0 Å². The van der Waals surface area contributed by atoms with Crippen LogP contribution in [0.3, 0.4) is 0 Å². The fraction of sp³-hybridized carbons (Fsp3) is 0.900. The molecule has 0 aromatic carbocycles. The van der Waals surface area contributed by atoms with Crippen molar-refractivity contribution in [2.24, 2.45) is 0 Å². The maximum atomic E-state index is 11.7. The Morgan fingerprint density at radius 1 is 1.62 bits per heavy atom. The standard InChI is InChI=1S/C10H18O2S/c1-3-6-12-8-9(11)10(2)5-4-7-13-10/h3-8H2,1-2H3. The van der Waals surface area contributed by atoms with Crippen molar-refractivity contribution in [3.05, 3.63) is 0 Å². The molecule has 1 unspecified atom stereocenters. The summed E-state index contributed by atoms with van der Waals surface area (Å²) in [6.45, 7) is 5.10. The maximum Gasteiger partial charge on any atom is 0.174 e. The zero-order valence-electron chi connectivity index (χ0n) is 8.47. The van der Waals surface area contributed by atoms with Crippen LogP contribution in [0.15, 0.2) is 0 Å². The number of thioether (sulfide) groups is 1. The molecule has 0 spiro atoms. The van der Waals surface area contributed by atoms with E-state index in [1.807, 2.05) is 6.92 Å². The molecule has 0 aromatic heterocycles. The van der Waals surface area contributed by atoms with Crippen LogP contribution in [0.25, 0.3) is 0 Å². The number of carbonyl (C=O) groups is 1. The summed E-state index contributed by atoms with van der Waals surface area (Å²) >= 11 is 1.78. The van der Waals surface area contributed by atoms with Crippen LogP contribution in [-0.2, 0) is 9.53 Å². The molecule has 13 heavy (non-hydrogen) atoms. The van der Waals surface area contributed by atoms with Crippen molar-refractivity contribution in [1.82, 2.24) is 0 Å². The molecular weight excluding hydrogens is 184 g/mol. The van der Waals surface area contributed by atoms with Crippen molar-refractivity contribution >= 4 is 17.5 Å². The van der Waals surface area contributed by atoms with Crippen LogP contribution in [-0.4, -0.2) is 29.5 Å². The number of rotatable bonds is 5. The Hall–Kier alpha value is -0.0200. The van der Waals surface area contributed by atoms with Crippen LogP contribution in [0.5, 0.6) is 0 Å². The maximum absolute atomic E-state index is 11.7. The van der Waals surface area contributed by atoms with E-state index in [0.29, 0.717) is 13.2 Å². The highest BCUT2D eigenvalue weighted by Crippen LogP contribution is 2.38. The molecule has 0 radical (unpaired) electrons. The predicted molar refractivity (Wildman–Crippen MR) is 56.2 cm³/mol. The first kappa shape index (κ1) is 11.1. The number of hydrogen-bond acceptors (Lipinski definition) is 3. The van der Waals surface area contributed by atoms with E-state index in [0.717, 1.165) is 18.6 Å². The fourth-order valence-electron chi connectivity index (χ4n) is 1.46. The lowest BCUT2D eigenvalue weighted by Gasteiger charge is -2.20. The molecule has 1 fully saturated rings. The average Bonchev–Trinajstić information content (AvgIpc) is 2.54. The molecular formula is C10H18O2S. The third-order valence-corrected chi connectivity index (χ3v) is 3.95. The summed E-state index contributed by atoms with van der Waals surface area (Å²) in [6, 6.07) is 0. The molecule has 1 rings (SSSR count). The Bertz CT molecular complexity index is 174. The number of carbonyl (C=O) groups excluding carboxylic acids is 1. The Morgan fingerprint density at radius 2 is 2.38 bits per heavy atom. The van der Waals surface area contributed by atoms with Crippen molar-refractivity contribution in [3.63, 3.8) is 0 Å². The van der Waals surface area contributed by atoms with E-state index in [9.17, 15) is 4.79 Å². The van der Waals surface area contributed by atoms with Gasteiger partial charge in [-0.25, -0.2) is 0 Å². The van der Waals surface area contributed by atoms with E-state index >= 15 is 0 Å². The molecule has 2 nitrogen and oxygen atoms in total. The normalized spacial score (nSPS) is 27.8. The molecule has 1 aliphatic heterocycles. The highest BCUT2D eigenvalue weighted by Gasteiger charge is 2.36. The zero-order valence-corrected chi connectivity index (χ0v) is 9.28. The molecule has 0 saturated carbocycles. The highest BCUT2D eigenvalue weighted by atomic mass is 32.2. The van der Waals surface area contributed by atoms with E-state index in [1.54, 1.807) is 11.8 Å². The van der Waals surface area contributed by atoms with Crippen LogP contribution in [0.1, 0.15) is 33.1 Å². The van der Waals surface area contributed by atoms with Gasteiger partial charge in [0.1, 0.15) is 6.61 Å². The summed E-state index contributed by atoms with van der Waals surface area (Å²) in [5.41, 5.74) is 0. The first-order valence-electron chi connectivity index (χ1n) is 4.94. The minimum absolute atomic E-state index is 0.145. The molecule has 0 N–H and O–H groups in total. The van der Waals surface area contributed by atoms with Gasteiger partial charge in [0, 0.05) is 6.61 Å². The summed E-state index contributed by atoms with van der Waals surface area (Å²) in [5.74, 6) is 1.39. The number of ether oxygens (including phenoxy) is 1. The van der Waals surface area contributed by atoms with E-state index in [2.05, 4.69) is 6.92 Å². The molecule has 76 valence electrons. The second kappa shape index (κ2) is 5.01. The lowest BCUT2D eigenvalue weighted by atomic mass is 10.0. The van der Waals surface area contributed by atoms with E-state index < -0.39 is 0 Å². The van der Waals surface area contributed by atoms with Gasteiger partial charge in [-0.05, 0) is 31.9 Å². The molecule has 1 aliphatic rings. The Balaban J connectivity index is 2.29. The van der Waals surface area contributed by atoms with Crippen LogP contribution < -0.4 is 0 Å². The summed E-state index contributed by atoms with van der Waals surface area (Å²) in [6.07, 6.45) is 3.17. The Labute approximate surface area is 84.4 Å². The molecule has 1 saturated heterocycles. The number of ketones is 1. The third-order valence-electron chi connectivity index (χ3n) is 2.39. The van der Waals surface area contributed by atoms with Gasteiger partial charge >= 0.3 is 0 Å². The lowest BCUT2D eigenvalue weighted by Crippen LogP contribution is -2.32. The lowest BCUT2D eigenvalue weighted by molar-refractivity contribution is -0.125. The molecule has 0 aromatic rings. The van der Waals surface area contributed by atoms with Gasteiger partial charge in [-0.1, -0.05) is 6.92 Å². The molecule has 0 amide bonds. The smallest absolute Gasteiger partial charge is 0.174 e. The second-order valence-electron chi connectivity index (χ2n) is 3.66. The van der Waals surface area contributed by atoms with Crippen molar-refractivity contribution < 1.29 is 9.53 Å². The van der Waals surface area contributed by atoms with Crippen molar-refractivity contribution in [3.8, 4) is 0 Å². The zero-order chi connectivity index (χ0) is 9.73. The van der Waals surface area contributed by atoms with Crippen molar-refractivity contribution in [2.45, 2.75) is 37.9 Å². The largest absolute Gasteiger partial charge is 0.374 e. The van der Waals surface area contributed by atoms with E-state index in [4.69, 9.17) is 4.74 Å². The Morgan fingerprint density at radius 3 is 2.92 bits per heavy atom. The van der Waals surface area contributed by atoms with Gasteiger partial charge in [0.15, 0.2) is 5.78 Å². The molecule has 3 heteroatoms. The van der Waals surface area contributed by atoms with E-state index in [1.165, 1.54) is 6.42 Å². The quantitative estimate of drug-likeness (QED) is 0.640. The minimum atomic E-state index is -0.145. The first-order chi connectivity index (χ1) is 6.19. The molecule has 0 bridgehead atoms. The first-order valence-corrected chi connectivity index (χ1v) is 5.92. The topological polar surface area (TPSA) is 26.3 Å². The Kier molecular flexibility index (Phi) is 4.26. The van der Waals surface area contributed by atoms with Crippen LogP contribution >= 0.6 is 11.8 Å². The summed E-state index contributed by atoms with van der Waals surface area (Å²) < 4.78 is 5.11. The van der Waals surface area contributed by atoms with Gasteiger partial charge in [0.05, 0.1) is 4.75 Å². The summed E-state index contributed by atoms with van der Waals surface area (Å²) in [4.78, 5) is 11.7. The minimum Gasteiger partial charge on any atom is -0.374 e. The summed E-state index contributed by atoms with van der Waals surface area (Å²) in [5, 5.41) is 0. The van der Waals surface area contributed by atoms with Gasteiger partial charge in [-0.2, -0.15) is 0 Å². The molecule has 1 heterocycles. The van der Waals surface area contributed by atoms with Gasteiger partial charge in [0.2, 0.25) is 0 Å².